The third-order valence-corrected chi connectivity index (χ3v) is 2.49. The molecule has 3 nitrogen and oxygen atoms in total. The Kier molecular flexibility index (Phi) is 3.05. The molecule has 1 saturated heterocycles. The molecule has 1 unspecified atom stereocenters. The number of nitrogens with zero attached hydrogens (tertiary/aromatic N) is 1. The van der Waals surface area contributed by atoms with Crippen LogP contribution in [-0.2, 0) is 4.79 Å². The minimum absolute atomic E-state index is 0.335. The van der Waals surface area contributed by atoms with E-state index in [9.17, 15) is 13.6 Å². The molecule has 88 valence electrons. The van der Waals surface area contributed by atoms with Crippen LogP contribution < -0.4 is 0 Å². The molecule has 0 aromatic carbocycles. The molecule has 0 bridgehead atoms. The maximum atomic E-state index is 13.1. The molecule has 1 N–H and O–H groups in total. The number of hydrogen-bond donors (Lipinski definition) is 1. The summed E-state index contributed by atoms with van der Waals surface area (Å²) in [5, 5.41) is 8.96. The average Bonchev–Trinajstić information content (AvgIpc) is 2.38. The molecule has 1 heterocycles. The smallest absolute Gasteiger partial charge is 0.267 e. The van der Waals surface area contributed by atoms with Crippen molar-refractivity contribution in [3.8, 4) is 0 Å². The van der Waals surface area contributed by atoms with Gasteiger partial charge < -0.3 is 10.0 Å². The lowest BCUT2D eigenvalue weighted by Gasteiger charge is -2.29. The molecule has 0 radical (unpaired) electrons. The van der Waals surface area contributed by atoms with E-state index in [4.69, 9.17) is 5.11 Å². The Morgan fingerprint density at radius 3 is 2.47 bits per heavy atom. The van der Waals surface area contributed by atoms with Crippen molar-refractivity contribution >= 4 is 5.91 Å². The van der Waals surface area contributed by atoms with Gasteiger partial charge in [-0.2, -0.15) is 0 Å². The van der Waals surface area contributed by atoms with Gasteiger partial charge in [-0.3, -0.25) is 4.79 Å². The summed E-state index contributed by atoms with van der Waals surface area (Å²) in [6, 6.07) is -0.744. The Balaban J connectivity index is 2.82. The van der Waals surface area contributed by atoms with E-state index in [-0.39, 0.29) is 5.91 Å². The van der Waals surface area contributed by atoms with Gasteiger partial charge in [0.2, 0.25) is 5.91 Å². The highest BCUT2D eigenvalue weighted by Gasteiger charge is 2.48. The van der Waals surface area contributed by atoms with Crippen molar-refractivity contribution in [1.29, 1.82) is 0 Å². The molecule has 0 aromatic heterocycles. The van der Waals surface area contributed by atoms with Gasteiger partial charge in [0.1, 0.15) is 0 Å². The summed E-state index contributed by atoms with van der Waals surface area (Å²) in [6.45, 7) is 4.06. The number of carbonyl (C=O) groups is 1. The van der Waals surface area contributed by atoms with Crippen LogP contribution in [-0.4, -0.2) is 41.0 Å². The Bertz CT molecular complexity index is 261. The first kappa shape index (κ1) is 12.4. The van der Waals surface area contributed by atoms with Gasteiger partial charge >= 0.3 is 0 Å². The van der Waals surface area contributed by atoms with Crippen molar-refractivity contribution in [2.75, 3.05) is 13.2 Å². The summed E-state index contributed by atoms with van der Waals surface area (Å²) in [4.78, 5) is 12.9. The van der Waals surface area contributed by atoms with Crippen molar-refractivity contribution in [3.05, 3.63) is 0 Å². The number of alkyl halides is 2. The highest BCUT2D eigenvalue weighted by molar-refractivity contribution is 5.82. The van der Waals surface area contributed by atoms with E-state index in [1.165, 1.54) is 0 Å². The summed E-state index contributed by atoms with van der Waals surface area (Å²) in [5.74, 6) is -3.20. The van der Waals surface area contributed by atoms with Gasteiger partial charge in [0.25, 0.3) is 5.92 Å². The molecule has 0 spiro atoms. The molecule has 1 fully saturated rings. The van der Waals surface area contributed by atoms with E-state index in [0.717, 1.165) is 4.90 Å². The van der Waals surface area contributed by atoms with Crippen molar-refractivity contribution in [1.82, 2.24) is 4.90 Å². The Morgan fingerprint density at radius 2 is 2.07 bits per heavy atom. The van der Waals surface area contributed by atoms with Crippen LogP contribution in [0.25, 0.3) is 0 Å². The lowest BCUT2D eigenvalue weighted by atomic mass is 9.94. The largest absolute Gasteiger partial charge is 0.394 e. The van der Waals surface area contributed by atoms with E-state index in [1.54, 1.807) is 20.8 Å². The summed E-state index contributed by atoms with van der Waals surface area (Å²) >= 11 is 0. The molecule has 0 saturated carbocycles. The number of rotatable bonds is 1. The second kappa shape index (κ2) is 3.70. The number of likely N-dealkylation sites (tertiary alicyclic amines) is 1. The summed E-state index contributed by atoms with van der Waals surface area (Å²) in [7, 11) is 0. The van der Waals surface area contributed by atoms with Gasteiger partial charge in [-0.1, -0.05) is 20.8 Å². The zero-order valence-corrected chi connectivity index (χ0v) is 9.26. The van der Waals surface area contributed by atoms with Gasteiger partial charge in [-0.05, 0) is 0 Å². The normalized spacial score (nSPS) is 25.7. The van der Waals surface area contributed by atoms with Crippen LogP contribution in [0.5, 0.6) is 0 Å². The fraction of sp³-hybridized carbons (Fsp3) is 0.900. The minimum Gasteiger partial charge on any atom is -0.394 e. The van der Waals surface area contributed by atoms with Gasteiger partial charge in [0.05, 0.1) is 19.2 Å². The molecule has 1 amide bonds. The van der Waals surface area contributed by atoms with E-state index < -0.39 is 37.0 Å². The van der Waals surface area contributed by atoms with Crippen molar-refractivity contribution in [3.63, 3.8) is 0 Å². The van der Waals surface area contributed by atoms with Crippen LogP contribution in [0.3, 0.4) is 0 Å². The van der Waals surface area contributed by atoms with Crippen molar-refractivity contribution in [2.24, 2.45) is 5.41 Å². The van der Waals surface area contributed by atoms with Crippen molar-refractivity contribution in [2.45, 2.75) is 39.2 Å². The van der Waals surface area contributed by atoms with E-state index in [0.29, 0.717) is 0 Å². The topological polar surface area (TPSA) is 40.5 Å². The molecule has 1 aliphatic rings. The second-order valence-electron chi connectivity index (χ2n) is 5.08. The zero-order valence-electron chi connectivity index (χ0n) is 9.26. The fourth-order valence-electron chi connectivity index (χ4n) is 1.73. The predicted octanol–water partition coefficient (Wildman–Crippen LogP) is 1.26. The average molecular weight is 221 g/mol. The first-order valence-corrected chi connectivity index (χ1v) is 4.97. The van der Waals surface area contributed by atoms with Gasteiger partial charge in [0.15, 0.2) is 0 Å². The maximum Gasteiger partial charge on any atom is 0.267 e. The number of hydrogen-bond acceptors (Lipinski definition) is 2. The number of aliphatic hydroxyl groups is 1. The molecule has 15 heavy (non-hydrogen) atoms. The van der Waals surface area contributed by atoms with E-state index >= 15 is 0 Å². The maximum absolute atomic E-state index is 13.1. The van der Waals surface area contributed by atoms with Gasteiger partial charge in [0, 0.05) is 11.8 Å². The van der Waals surface area contributed by atoms with E-state index in [1.807, 2.05) is 0 Å². The number of aliphatic hydroxyl groups excluding tert-OH is 1. The monoisotopic (exact) mass is 221 g/mol. The number of carbonyl (C=O) groups excluding carboxylic acids is 1. The molecular weight excluding hydrogens is 204 g/mol. The van der Waals surface area contributed by atoms with Crippen molar-refractivity contribution < 1.29 is 18.7 Å². The van der Waals surface area contributed by atoms with Crippen LogP contribution >= 0.6 is 0 Å². The Hall–Kier alpha value is -0.710. The van der Waals surface area contributed by atoms with Crippen LogP contribution in [0.1, 0.15) is 27.2 Å². The van der Waals surface area contributed by atoms with Crippen LogP contribution in [0.15, 0.2) is 0 Å². The van der Waals surface area contributed by atoms with Crippen LogP contribution in [0, 0.1) is 5.41 Å². The third-order valence-electron chi connectivity index (χ3n) is 2.49. The lowest BCUT2D eigenvalue weighted by Crippen LogP contribution is -2.44. The SMILES string of the molecule is CC(C)(C)C(=O)N1CC(F)(F)CC1CO. The molecule has 0 aliphatic carbocycles. The molecule has 1 atom stereocenters. The summed E-state index contributed by atoms with van der Waals surface area (Å²) in [5.41, 5.74) is -0.687. The highest BCUT2D eigenvalue weighted by Crippen LogP contribution is 2.34. The highest BCUT2D eigenvalue weighted by atomic mass is 19.3. The van der Waals surface area contributed by atoms with Gasteiger partial charge in [-0.25, -0.2) is 8.78 Å². The Labute approximate surface area is 88.1 Å². The van der Waals surface area contributed by atoms with Crippen LogP contribution in [0.2, 0.25) is 0 Å². The second-order valence-corrected chi connectivity index (χ2v) is 5.08. The third kappa shape index (κ3) is 2.65. The number of halogens is 2. The molecule has 0 aromatic rings. The van der Waals surface area contributed by atoms with E-state index in [2.05, 4.69) is 0 Å². The molecular formula is C10H17F2NO2. The predicted molar refractivity (Wildman–Crippen MR) is 51.6 cm³/mol. The number of amides is 1. The standard InChI is InChI=1S/C10H17F2NO2/c1-9(2,3)8(15)13-6-10(11,12)4-7(13)5-14/h7,14H,4-6H2,1-3H3. The first-order valence-electron chi connectivity index (χ1n) is 4.97. The molecule has 1 rings (SSSR count). The first-order chi connectivity index (χ1) is 6.67. The molecule has 5 heteroatoms. The fourth-order valence-corrected chi connectivity index (χ4v) is 1.73. The van der Waals surface area contributed by atoms with Crippen LogP contribution in [0.4, 0.5) is 8.78 Å². The Morgan fingerprint density at radius 1 is 1.53 bits per heavy atom. The minimum atomic E-state index is -2.87. The molecule has 1 aliphatic heterocycles. The lowest BCUT2D eigenvalue weighted by molar-refractivity contribution is -0.142. The quantitative estimate of drug-likeness (QED) is 0.724. The zero-order chi connectivity index (χ0) is 11.9. The summed E-state index contributed by atoms with van der Waals surface area (Å²) < 4.78 is 26.2. The summed E-state index contributed by atoms with van der Waals surface area (Å²) in [6.07, 6.45) is -0.439. The van der Waals surface area contributed by atoms with Gasteiger partial charge in [-0.15, -0.1) is 0 Å².